The lowest BCUT2D eigenvalue weighted by molar-refractivity contribution is 0.0240. The minimum Gasteiger partial charge on any atom is -0.464 e. The zero-order chi connectivity index (χ0) is 18.0. The van der Waals surface area contributed by atoms with Gasteiger partial charge >= 0.3 is 6.09 Å². The van der Waals surface area contributed by atoms with Gasteiger partial charge in [0.25, 0.3) is 0 Å². The topological polar surface area (TPSA) is 45.9 Å². The van der Waals surface area contributed by atoms with E-state index in [1.807, 2.05) is 26.8 Å². The van der Waals surface area contributed by atoms with Crippen LogP contribution < -0.4 is 4.90 Å². The highest BCUT2D eigenvalue weighted by Gasteiger charge is 2.27. The molecule has 1 amide bonds. The Morgan fingerprint density at radius 2 is 1.84 bits per heavy atom. The highest BCUT2D eigenvalue weighted by molar-refractivity contribution is 5.76. The number of piperazine rings is 1. The fourth-order valence-corrected chi connectivity index (χ4v) is 2.90. The van der Waals surface area contributed by atoms with E-state index in [4.69, 9.17) is 9.15 Å². The van der Waals surface area contributed by atoms with Crippen LogP contribution >= 0.6 is 0 Å². The van der Waals surface area contributed by atoms with Gasteiger partial charge in [0.1, 0.15) is 17.2 Å². The molecule has 1 aliphatic heterocycles. The van der Waals surface area contributed by atoms with Gasteiger partial charge in [-0.2, -0.15) is 0 Å². The van der Waals surface area contributed by atoms with Crippen molar-refractivity contribution in [3.05, 3.63) is 42.4 Å². The summed E-state index contributed by atoms with van der Waals surface area (Å²) in [6, 6.07) is 8.49. The minimum absolute atomic E-state index is 0.308. The van der Waals surface area contributed by atoms with E-state index in [1.165, 1.54) is 12.3 Å². The van der Waals surface area contributed by atoms with Gasteiger partial charge in [0, 0.05) is 26.2 Å². The number of hydrogen-bond acceptors (Lipinski definition) is 4. The number of rotatable bonds is 2. The number of amides is 1. The highest BCUT2D eigenvalue weighted by atomic mass is 19.1. The molecule has 1 aromatic carbocycles. The number of ether oxygens (including phenoxy) is 1. The molecule has 3 rings (SSSR count). The normalized spacial score (nSPS) is 15.4. The van der Waals surface area contributed by atoms with Crippen molar-refractivity contribution in [2.45, 2.75) is 26.4 Å². The molecule has 134 valence electrons. The third-order valence-electron chi connectivity index (χ3n) is 4.03. The molecule has 2 aromatic rings. The Hall–Kier alpha value is -2.50. The lowest BCUT2D eigenvalue weighted by Crippen LogP contribution is -2.50. The van der Waals surface area contributed by atoms with E-state index >= 15 is 0 Å². The summed E-state index contributed by atoms with van der Waals surface area (Å²) in [5, 5.41) is 0. The number of anilines is 1. The maximum Gasteiger partial charge on any atom is 0.410 e. The highest BCUT2D eigenvalue weighted by Crippen LogP contribution is 2.34. The molecule has 5 nitrogen and oxygen atoms in total. The molecular weight excluding hydrogens is 323 g/mol. The standard InChI is InChI=1S/C19H23FN2O3/c1-19(2,3)25-18(23)22-11-9-21(10-12-22)15-7-4-6-14(20)17(15)16-8-5-13-24-16/h4-8,13H,9-12H2,1-3H3. The second-order valence-electron chi connectivity index (χ2n) is 7.07. The number of hydrogen-bond donors (Lipinski definition) is 0. The molecular formula is C19H23FN2O3. The van der Waals surface area contributed by atoms with Crippen LogP contribution in [0.4, 0.5) is 14.9 Å². The molecule has 6 heteroatoms. The summed E-state index contributed by atoms with van der Waals surface area (Å²) in [5.41, 5.74) is 0.723. The maximum absolute atomic E-state index is 14.4. The van der Waals surface area contributed by atoms with Crippen LogP contribution in [-0.4, -0.2) is 42.8 Å². The molecule has 1 fully saturated rings. The van der Waals surface area contributed by atoms with Gasteiger partial charge in [-0.05, 0) is 45.0 Å². The smallest absolute Gasteiger partial charge is 0.410 e. The number of carbonyl (C=O) groups excluding carboxylic acids is 1. The van der Waals surface area contributed by atoms with E-state index in [9.17, 15) is 9.18 Å². The summed E-state index contributed by atoms with van der Waals surface area (Å²) in [7, 11) is 0. The Balaban J connectivity index is 1.74. The van der Waals surface area contributed by atoms with E-state index in [0.717, 1.165) is 5.69 Å². The molecule has 0 aliphatic carbocycles. The fraction of sp³-hybridized carbons (Fsp3) is 0.421. The van der Waals surface area contributed by atoms with Crippen LogP contribution in [-0.2, 0) is 4.74 Å². The first-order valence-electron chi connectivity index (χ1n) is 8.40. The van der Waals surface area contributed by atoms with Gasteiger partial charge in [-0.3, -0.25) is 0 Å². The molecule has 0 unspecified atom stereocenters. The second kappa shape index (κ2) is 6.78. The molecule has 0 atom stereocenters. The van der Waals surface area contributed by atoms with Crippen molar-refractivity contribution < 1.29 is 18.3 Å². The van der Waals surface area contributed by atoms with Gasteiger partial charge in [0.2, 0.25) is 0 Å². The zero-order valence-corrected chi connectivity index (χ0v) is 14.8. The average molecular weight is 346 g/mol. The van der Waals surface area contributed by atoms with Gasteiger partial charge in [-0.1, -0.05) is 6.07 Å². The number of furan rings is 1. The molecule has 0 radical (unpaired) electrons. The summed E-state index contributed by atoms with van der Waals surface area (Å²) in [5.74, 6) is 0.185. The number of nitrogens with zero attached hydrogens (tertiary/aromatic N) is 2. The average Bonchev–Trinajstić information content (AvgIpc) is 3.07. The molecule has 1 aliphatic rings. The second-order valence-corrected chi connectivity index (χ2v) is 7.07. The van der Waals surface area contributed by atoms with E-state index in [-0.39, 0.29) is 11.9 Å². The van der Waals surface area contributed by atoms with Crippen LogP contribution in [0.15, 0.2) is 41.0 Å². The summed E-state index contributed by atoms with van der Waals surface area (Å²) < 4.78 is 25.2. The van der Waals surface area contributed by atoms with Crippen LogP contribution in [0.2, 0.25) is 0 Å². The van der Waals surface area contributed by atoms with Gasteiger partial charge in [-0.25, -0.2) is 9.18 Å². The molecule has 1 aromatic heterocycles. The van der Waals surface area contributed by atoms with Crippen molar-refractivity contribution in [1.82, 2.24) is 4.90 Å². The first kappa shape index (κ1) is 17.3. The first-order chi connectivity index (χ1) is 11.8. The molecule has 2 heterocycles. The predicted molar refractivity (Wildman–Crippen MR) is 94.1 cm³/mol. The van der Waals surface area contributed by atoms with Crippen molar-refractivity contribution in [1.29, 1.82) is 0 Å². The summed E-state index contributed by atoms with van der Waals surface area (Å²) in [6.45, 7) is 7.83. The van der Waals surface area contributed by atoms with Gasteiger partial charge in [0.05, 0.1) is 17.5 Å². The Labute approximate surface area is 147 Å². The molecule has 0 saturated carbocycles. The van der Waals surface area contributed by atoms with E-state index in [1.54, 1.807) is 23.1 Å². The van der Waals surface area contributed by atoms with Gasteiger partial charge < -0.3 is 19.0 Å². The number of halogens is 1. The molecule has 0 spiro atoms. The third-order valence-corrected chi connectivity index (χ3v) is 4.03. The van der Waals surface area contributed by atoms with E-state index in [0.29, 0.717) is 37.5 Å². The monoisotopic (exact) mass is 346 g/mol. The van der Waals surface area contributed by atoms with Crippen LogP contribution in [0.5, 0.6) is 0 Å². The van der Waals surface area contributed by atoms with E-state index < -0.39 is 5.60 Å². The van der Waals surface area contributed by atoms with Gasteiger partial charge in [0.15, 0.2) is 0 Å². The van der Waals surface area contributed by atoms with Crippen LogP contribution in [0, 0.1) is 5.82 Å². The van der Waals surface area contributed by atoms with Crippen LogP contribution in [0.1, 0.15) is 20.8 Å². The SMILES string of the molecule is CC(C)(C)OC(=O)N1CCN(c2cccc(F)c2-c2ccco2)CC1. The maximum atomic E-state index is 14.4. The van der Waals surface area contributed by atoms with Crippen molar-refractivity contribution in [3.8, 4) is 11.3 Å². The molecule has 0 N–H and O–H groups in total. The lowest BCUT2D eigenvalue weighted by atomic mass is 10.1. The zero-order valence-electron chi connectivity index (χ0n) is 14.8. The third kappa shape index (κ3) is 3.95. The number of carbonyl (C=O) groups is 1. The van der Waals surface area contributed by atoms with Crippen molar-refractivity contribution >= 4 is 11.8 Å². The quantitative estimate of drug-likeness (QED) is 0.820. The number of benzene rings is 1. The molecule has 0 bridgehead atoms. The van der Waals surface area contributed by atoms with Crippen LogP contribution in [0.3, 0.4) is 0 Å². The Kier molecular flexibility index (Phi) is 4.70. The summed E-state index contributed by atoms with van der Waals surface area (Å²) in [4.78, 5) is 15.9. The predicted octanol–water partition coefficient (Wildman–Crippen LogP) is 4.14. The van der Waals surface area contributed by atoms with Crippen molar-refractivity contribution in [3.63, 3.8) is 0 Å². The first-order valence-corrected chi connectivity index (χ1v) is 8.40. The van der Waals surface area contributed by atoms with Gasteiger partial charge in [-0.15, -0.1) is 0 Å². The fourth-order valence-electron chi connectivity index (χ4n) is 2.90. The molecule has 25 heavy (non-hydrogen) atoms. The Morgan fingerprint density at radius 3 is 2.44 bits per heavy atom. The van der Waals surface area contributed by atoms with Crippen molar-refractivity contribution in [2.75, 3.05) is 31.1 Å². The van der Waals surface area contributed by atoms with E-state index in [2.05, 4.69) is 4.90 Å². The lowest BCUT2D eigenvalue weighted by Gasteiger charge is -2.37. The van der Waals surface area contributed by atoms with Crippen LogP contribution in [0.25, 0.3) is 11.3 Å². The largest absolute Gasteiger partial charge is 0.464 e. The minimum atomic E-state index is -0.511. The van der Waals surface area contributed by atoms with Crippen molar-refractivity contribution in [2.24, 2.45) is 0 Å². The summed E-state index contributed by atoms with van der Waals surface area (Å²) >= 11 is 0. The molecule has 1 saturated heterocycles. The summed E-state index contributed by atoms with van der Waals surface area (Å²) in [6.07, 6.45) is 1.23. The Morgan fingerprint density at radius 1 is 1.12 bits per heavy atom. The Bertz CT molecular complexity index is 730.